The number of benzene rings is 4. The highest BCUT2D eigenvalue weighted by Gasteiger charge is 2.25. The molecule has 0 radical (unpaired) electrons. The maximum Gasteiger partial charge on any atom is 0.221 e. The fourth-order valence-electron chi connectivity index (χ4n) is 4.08. The first-order chi connectivity index (χ1) is 16.0. The van der Waals surface area contributed by atoms with Crippen LogP contribution in [0, 0.1) is 0 Å². The van der Waals surface area contributed by atoms with Gasteiger partial charge in [-0.25, -0.2) is 0 Å². The van der Waals surface area contributed by atoms with Crippen molar-refractivity contribution in [3.05, 3.63) is 132 Å². The molecule has 0 saturated heterocycles. The van der Waals surface area contributed by atoms with Gasteiger partial charge in [-0.2, -0.15) is 0 Å². The molecule has 0 spiro atoms. The largest absolute Gasteiger partial charge is 0.384 e. The van der Waals surface area contributed by atoms with Gasteiger partial charge in [-0.1, -0.05) is 115 Å². The van der Waals surface area contributed by atoms with Gasteiger partial charge in [0.25, 0.3) is 0 Å². The molecule has 0 saturated carbocycles. The summed E-state index contributed by atoms with van der Waals surface area (Å²) in [5.74, 6) is -0.128. The lowest BCUT2D eigenvalue weighted by Crippen LogP contribution is -2.39. The van der Waals surface area contributed by atoms with E-state index in [0.29, 0.717) is 6.42 Å². The number of amides is 1. The van der Waals surface area contributed by atoms with Gasteiger partial charge in [0.1, 0.15) is 5.60 Å². The van der Waals surface area contributed by atoms with Gasteiger partial charge in [0, 0.05) is 12.3 Å². The topological polar surface area (TPSA) is 49.3 Å². The number of aliphatic hydroxyl groups is 1. The average molecular weight is 436 g/mol. The molecular weight excluding hydrogens is 406 g/mol. The minimum atomic E-state index is -1.17. The molecule has 1 unspecified atom stereocenters. The minimum Gasteiger partial charge on any atom is -0.384 e. The summed E-state index contributed by atoms with van der Waals surface area (Å²) in [4.78, 5) is 12.9. The summed E-state index contributed by atoms with van der Waals surface area (Å²) in [6, 6.07) is 38.1. The smallest absolute Gasteiger partial charge is 0.221 e. The molecule has 0 aromatic heterocycles. The molecule has 1 atom stereocenters. The second-order valence-electron chi connectivity index (χ2n) is 8.57. The van der Waals surface area contributed by atoms with Crippen molar-refractivity contribution in [2.45, 2.75) is 24.9 Å². The van der Waals surface area contributed by atoms with Gasteiger partial charge >= 0.3 is 0 Å². The van der Waals surface area contributed by atoms with Gasteiger partial charge in [0.2, 0.25) is 5.91 Å². The SMILES string of the molecule is CC(O)(CNC(=O)CC(c1ccccc1)c1ccccc1)c1ccc(-c2ccccc2)cc1. The van der Waals surface area contributed by atoms with Gasteiger partial charge in [-0.3, -0.25) is 4.79 Å². The van der Waals surface area contributed by atoms with Gasteiger partial charge in [-0.15, -0.1) is 0 Å². The summed E-state index contributed by atoms with van der Waals surface area (Å²) in [7, 11) is 0. The van der Waals surface area contributed by atoms with Crippen LogP contribution in [-0.2, 0) is 10.4 Å². The first kappa shape index (κ1) is 22.5. The molecule has 0 aliphatic carbocycles. The van der Waals surface area contributed by atoms with Crippen LogP contribution >= 0.6 is 0 Å². The quantitative estimate of drug-likeness (QED) is 0.362. The average Bonchev–Trinajstić information content (AvgIpc) is 2.88. The van der Waals surface area contributed by atoms with Crippen LogP contribution in [0.2, 0.25) is 0 Å². The second-order valence-corrected chi connectivity index (χ2v) is 8.57. The van der Waals surface area contributed by atoms with Gasteiger partial charge < -0.3 is 10.4 Å². The Balaban J connectivity index is 1.42. The third-order valence-electron chi connectivity index (χ3n) is 6.04. The summed E-state index contributed by atoms with van der Waals surface area (Å²) in [6.07, 6.45) is 0.317. The number of rotatable bonds is 8. The number of carbonyl (C=O) groups excluding carboxylic acids is 1. The number of hydrogen-bond donors (Lipinski definition) is 2. The third-order valence-corrected chi connectivity index (χ3v) is 6.04. The summed E-state index contributed by atoms with van der Waals surface area (Å²) in [5, 5.41) is 14.0. The standard InChI is InChI=1S/C30H29NO2/c1-30(33,27-19-17-24(18-20-27)23-11-5-2-6-12-23)22-31-29(32)21-28(25-13-7-3-8-14-25)26-15-9-4-10-16-26/h2-20,28,33H,21-22H2,1H3,(H,31,32). The lowest BCUT2D eigenvalue weighted by molar-refractivity contribution is -0.122. The number of carbonyl (C=O) groups is 1. The molecule has 4 aromatic rings. The van der Waals surface area contributed by atoms with E-state index < -0.39 is 5.60 Å². The molecule has 0 heterocycles. The highest BCUT2D eigenvalue weighted by Crippen LogP contribution is 2.28. The van der Waals surface area contributed by atoms with E-state index >= 15 is 0 Å². The van der Waals surface area contributed by atoms with Crippen LogP contribution in [0.4, 0.5) is 0 Å². The number of hydrogen-bond acceptors (Lipinski definition) is 2. The van der Waals surface area contributed by atoms with Crippen LogP contribution < -0.4 is 5.32 Å². The Morgan fingerprint density at radius 2 is 1.18 bits per heavy atom. The summed E-state index contributed by atoms with van der Waals surface area (Å²) in [5.41, 5.74) is 4.02. The van der Waals surface area contributed by atoms with Crippen LogP contribution in [0.25, 0.3) is 11.1 Å². The van der Waals surface area contributed by atoms with Crippen molar-refractivity contribution in [3.8, 4) is 11.1 Å². The molecule has 0 fully saturated rings. The van der Waals surface area contributed by atoms with Crippen molar-refractivity contribution in [1.29, 1.82) is 0 Å². The zero-order chi connectivity index (χ0) is 23.1. The molecule has 166 valence electrons. The molecule has 4 aromatic carbocycles. The molecular formula is C30H29NO2. The van der Waals surface area contributed by atoms with E-state index in [9.17, 15) is 9.90 Å². The van der Waals surface area contributed by atoms with Crippen molar-refractivity contribution in [3.63, 3.8) is 0 Å². The van der Waals surface area contributed by atoms with Crippen molar-refractivity contribution < 1.29 is 9.90 Å². The molecule has 4 rings (SSSR count). The summed E-state index contributed by atoms with van der Waals surface area (Å²) >= 11 is 0. The molecule has 1 amide bonds. The molecule has 3 heteroatoms. The first-order valence-electron chi connectivity index (χ1n) is 11.3. The van der Waals surface area contributed by atoms with E-state index in [-0.39, 0.29) is 18.4 Å². The van der Waals surface area contributed by atoms with Crippen molar-refractivity contribution in [1.82, 2.24) is 5.32 Å². The van der Waals surface area contributed by atoms with Gasteiger partial charge in [-0.05, 0) is 34.7 Å². The number of nitrogens with one attached hydrogen (secondary N) is 1. The lowest BCUT2D eigenvalue weighted by Gasteiger charge is -2.25. The molecule has 2 N–H and O–H groups in total. The Morgan fingerprint density at radius 1 is 0.727 bits per heavy atom. The highest BCUT2D eigenvalue weighted by atomic mass is 16.3. The van der Waals surface area contributed by atoms with E-state index in [1.54, 1.807) is 6.92 Å². The lowest BCUT2D eigenvalue weighted by atomic mass is 9.88. The second kappa shape index (κ2) is 10.3. The van der Waals surface area contributed by atoms with Gasteiger partial charge in [0.15, 0.2) is 0 Å². The Labute approximate surface area is 195 Å². The maximum absolute atomic E-state index is 12.9. The highest BCUT2D eigenvalue weighted by molar-refractivity contribution is 5.77. The Morgan fingerprint density at radius 3 is 1.70 bits per heavy atom. The predicted molar refractivity (Wildman–Crippen MR) is 134 cm³/mol. The van der Waals surface area contributed by atoms with Crippen molar-refractivity contribution in [2.24, 2.45) is 0 Å². The molecule has 0 bridgehead atoms. The van der Waals surface area contributed by atoms with Crippen molar-refractivity contribution >= 4 is 5.91 Å². The maximum atomic E-state index is 12.9. The van der Waals surface area contributed by atoms with E-state index in [2.05, 4.69) is 41.7 Å². The molecule has 0 aliphatic heterocycles. The van der Waals surface area contributed by atoms with Crippen LogP contribution in [0.5, 0.6) is 0 Å². The van der Waals surface area contributed by atoms with E-state index in [4.69, 9.17) is 0 Å². The normalized spacial score (nSPS) is 12.8. The molecule has 33 heavy (non-hydrogen) atoms. The van der Waals surface area contributed by atoms with E-state index in [0.717, 1.165) is 27.8 Å². The van der Waals surface area contributed by atoms with Crippen LogP contribution in [0.3, 0.4) is 0 Å². The fourth-order valence-corrected chi connectivity index (χ4v) is 4.08. The fraction of sp³-hybridized carbons (Fsp3) is 0.167. The van der Waals surface area contributed by atoms with E-state index in [1.807, 2.05) is 78.9 Å². The molecule has 0 aliphatic rings. The van der Waals surface area contributed by atoms with Crippen LogP contribution in [0.1, 0.15) is 36.0 Å². The monoisotopic (exact) mass is 435 g/mol. The zero-order valence-electron chi connectivity index (χ0n) is 18.8. The van der Waals surface area contributed by atoms with Gasteiger partial charge in [0.05, 0.1) is 6.54 Å². The predicted octanol–water partition coefficient (Wildman–Crippen LogP) is 5.90. The Bertz CT molecular complexity index is 1110. The van der Waals surface area contributed by atoms with Crippen LogP contribution in [-0.4, -0.2) is 17.6 Å². The first-order valence-corrected chi connectivity index (χ1v) is 11.3. The summed E-state index contributed by atoms with van der Waals surface area (Å²) in [6.45, 7) is 1.88. The molecule has 3 nitrogen and oxygen atoms in total. The Kier molecular flexibility index (Phi) is 7.01. The Hall–Kier alpha value is -3.69. The third kappa shape index (κ3) is 5.76. The zero-order valence-corrected chi connectivity index (χ0v) is 18.8. The van der Waals surface area contributed by atoms with Crippen LogP contribution in [0.15, 0.2) is 115 Å². The minimum absolute atomic E-state index is 0.0393. The van der Waals surface area contributed by atoms with Crippen molar-refractivity contribution in [2.75, 3.05) is 6.54 Å². The summed E-state index contributed by atoms with van der Waals surface area (Å²) < 4.78 is 0. The van der Waals surface area contributed by atoms with E-state index in [1.165, 1.54) is 0 Å².